The standard InChI is InChI=1S/C21H22F3NO5S/c1-11(2)8-16(20(26)27)25-19(21(22,23)24)12-4-6-14-15-7-5-13(31(3,28)29)10-18(15)30-17(14)9-12/h4-7,9-11,16,19,25H,8H2,1-3H3,(H,26,27). The molecular formula is C21H22F3NO5S. The molecule has 0 fully saturated rings. The van der Waals surface area contributed by atoms with Gasteiger partial charge in [-0.25, -0.2) is 8.42 Å². The molecule has 10 heteroatoms. The summed E-state index contributed by atoms with van der Waals surface area (Å²) in [5, 5.41) is 12.7. The van der Waals surface area contributed by atoms with Gasteiger partial charge in [0.15, 0.2) is 9.84 Å². The van der Waals surface area contributed by atoms with E-state index >= 15 is 0 Å². The maximum absolute atomic E-state index is 13.8. The Hall–Kier alpha value is -2.59. The number of furan rings is 1. The molecule has 6 nitrogen and oxygen atoms in total. The van der Waals surface area contributed by atoms with E-state index in [2.05, 4.69) is 5.32 Å². The molecule has 2 atom stereocenters. The van der Waals surface area contributed by atoms with Gasteiger partial charge in [-0.3, -0.25) is 10.1 Å². The van der Waals surface area contributed by atoms with Crippen molar-refractivity contribution < 1.29 is 35.9 Å². The van der Waals surface area contributed by atoms with Crippen LogP contribution < -0.4 is 5.32 Å². The number of aliphatic carboxylic acids is 1. The van der Waals surface area contributed by atoms with Gasteiger partial charge < -0.3 is 9.52 Å². The van der Waals surface area contributed by atoms with E-state index < -0.39 is 34.1 Å². The molecule has 0 spiro atoms. The van der Waals surface area contributed by atoms with Gasteiger partial charge in [0.05, 0.1) is 4.90 Å². The highest BCUT2D eigenvalue weighted by molar-refractivity contribution is 7.90. The number of rotatable bonds is 7. The molecule has 3 rings (SSSR count). The maximum Gasteiger partial charge on any atom is 0.407 e. The molecule has 0 aliphatic heterocycles. The van der Waals surface area contributed by atoms with Crippen LogP contribution in [-0.4, -0.2) is 38.0 Å². The third kappa shape index (κ3) is 5.01. The van der Waals surface area contributed by atoms with Crippen LogP contribution in [-0.2, 0) is 14.6 Å². The second kappa shape index (κ2) is 8.16. The lowest BCUT2D eigenvalue weighted by atomic mass is 9.99. The van der Waals surface area contributed by atoms with Crippen molar-refractivity contribution >= 4 is 37.7 Å². The van der Waals surface area contributed by atoms with E-state index in [0.717, 1.165) is 6.26 Å². The predicted molar refractivity (Wildman–Crippen MR) is 110 cm³/mol. The van der Waals surface area contributed by atoms with E-state index in [9.17, 15) is 31.5 Å². The minimum atomic E-state index is -4.74. The lowest BCUT2D eigenvalue weighted by Gasteiger charge is -2.26. The third-order valence-corrected chi connectivity index (χ3v) is 6.04. The number of carboxylic acid groups (broad SMARTS) is 1. The Labute approximate surface area is 177 Å². The number of sulfone groups is 1. The minimum absolute atomic E-state index is 0.0308. The fourth-order valence-corrected chi connectivity index (χ4v) is 4.11. The topological polar surface area (TPSA) is 96.6 Å². The van der Waals surface area contributed by atoms with Crippen molar-refractivity contribution in [2.24, 2.45) is 5.92 Å². The monoisotopic (exact) mass is 457 g/mol. The molecule has 0 bridgehead atoms. The van der Waals surface area contributed by atoms with Crippen LogP contribution >= 0.6 is 0 Å². The molecule has 2 N–H and O–H groups in total. The molecule has 0 saturated heterocycles. The zero-order valence-corrected chi connectivity index (χ0v) is 17.8. The zero-order valence-electron chi connectivity index (χ0n) is 17.0. The van der Waals surface area contributed by atoms with Gasteiger partial charge in [0.1, 0.15) is 23.2 Å². The Morgan fingerprint density at radius 1 is 1.10 bits per heavy atom. The van der Waals surface area contributed by atoms with E-state index in [4.69, 9.17) is 4.42 Å². The highest BCUT2D eigenvalue weighted by atomic mass is 32.2. The molecule has 0 aliphatic rings. The molecular weight excluding hydrogens is 435 g/mol. The number of fused-ring (bicyclic) bond motifs is 3. The fraction of sp³-hybridized carbons (Fsp3) is 0.381. The summed E-state index contributed by atoms with van der Waals surface area (Å²) in [5.74, 6) is -1.48. The first-order valence-electron chi connectivity index (χ1n) is 9.49. The number of hydrogen-bond donors (Lipinski definition) is 2. The van der Waals surface area contributed by atoms with E-state index in [1.807, 2.05) is 0 Å². The van der Waals surface area contributed by atoms with Gasteiger partial charge in [0.2, 0.25) is 0 Å². The third-order valence-electron chi connectivity index (χ3n) is 4.93. The highest BCUT2D eigenvalue weighted by Gasteiger charge is 2.43. The van der Waals surface area contributed by atoms with Crippen LogP contribution in [0.2, 0.25) is 0 Å². The van der Waals surface area contributed by atoms with Gasteiger partial charge in [-0.2, -0.15) is 13.2 Å². The first-order valence-corrected chi connectivity index (χ1v) is 11.4. The van der Waals surface area contributed by atoms with Crippen molar-refractivity contribution in [3.63, 3.8) is 0 Å². The van der Waals surface area contributed by atoms with E-state index in [1.165, 1.54) is 30.3 Å². The summed E-state index contributed by atoms with van der Waals surface area (Å²) in [7, 11) is -3.48. The quantitative estimate of drug-likeness (QED) is 0.535. The van der Waals surface area contributed by atoms with Crippen LogP contribution in [0, 0.1) is 5.92 Å². The summed E-state index contributed by atoms with van der Waals surface area (Å²) in [6.45, 7) is 3.46. The average Bonchev–Trinajstić information content (AvgIpc) is 2.99. The van der Waals surface area contributed by atoms with Crippen LogP contribution in [0.4, 0.5) is 13.2 Å². The van der Waals surface area contributed by atoms with Crippen molar-refractivity contribution in [2.75, 3.05) is 6.26 Å². The number of benzene rings is 2. The summed E-state index contributed by atoms with van der Waals surface area (Å²) < 4.78 is 70.6. The largest absolute Gasteiger partial charge is 0.480 e. The molecule has 3 aromatic rings. The number of alkyl halides is 3. The summed E-state index contributed by atoms with van der Waals surface area (Å²) >= 11 is 0. The molecule has 1 aromatic heterocycles. The van der Waals surface area contributed by atoms with Gasteiger partial charge in [-0.15, -0.1) is 0 Å². The van der Waals surface area contributed by atoms with Crippen molar-refractivity contribution in [2.45, 2.75) is 43.4 Å². The van der Waals surface area contributed by atoms with Crippen LogP contribution in [0.1, 0.15) is 31.9 Å². The van der Waals surface area contributed by atoms with Crippen molar-refractivity contribution in [3.05, 3.63) is 42.0 Å². The number of carbonyl (C=O) groups is 1. The van der Waals surface area contributed by atoms with Crippen molar-refractivity contribution in [1.29, 1.82) is 0 Å². The fourth-order valence-electron chi connectivity index (χ4n) is 3.48. The van der Waals surface area contributed by atoms with Gasteiger partial charge in [-0.05, 0) is 36.1 Å². The molecule has 0 amide bonds. The SMILES string of the molecule is CC(C)CC(NC(c1ccc2c(c1)oc1cc(S(C)(=O)=O)ccc12)C(F)(F)F)C(=O)O. The van der Waals surface area contributed by atoms with Crippen LogP contribution in [0.5, 0.6) is 0 Å². The number of carboxylic acids is 1. The van der Waals surface area contributed by atoms with Gasteiger partial charge in [0, 0.05) is 23.1 Å². The lowest BCUT2D eigenvalue weighted by Crippen LogP contribution is -2.45. The maximum atomic E-state index is 13.8. The highest BCUT2D eigenvalue weighted by Crippen LogP contribution is 2.37. The molecule has 0 radical (unpaired) electrons. The van der Waals surface area contributed by atoms with E-state index in [1.54, 1.807) is 19.9 Å². The van der Waals surface area contributed by atoms with Gasteiger partial charge >= 0.3 is 12.1 Å². The van der Waals surface area contributed by atoms with E-state index in [0.29, 0.717) is 10.8 Å². The summed E-state index contributed by atoms with van der Waals surface area (Å²) in [6, 6.07) is 4.61. The van der Waals surface area contributed by atoms with E-state index in [-0.39, 0.29) is 34.0 Å². The molecule has 31 heavy (non-hydrogen) atoms. The Morgan fingerprint density at radius 3 is 2.19 bits per heavy atom. The van der Waals surface area contributed by atoms with Crippen LogP contribution in [0.3, 0.4) is 0 Å². The molecule has 2 unspecified atom stereocenters. The summed E-state index contributed by atoms with van der Waals surface area (Å²) in [4.78, 5) is 11.5. The molecule has 1 heterocycles. The molecule has 0 saturated carbocycles. The van der Waals surface area contributed by atoms with Crippen molar-refractivity contribution in [3.8, 4) is 0 Å². The Bertz CT molecular complexity index is 1230. The second-order valence-corrected chi connectivity index (χ2v) is 9.97. The Balaban J connectivity index is 2.07. The number of halogens is 3. The number of hydrogen-bond acceptors (Lipinski definition) is 5. The van der Waals surface area contributed by atoms with Crippen molar-refractivity contribution in [1.82, 2.24) is 5.32 Å². The van der Waals surface area contributed by atoms with Crippen LogP contribution in [0.25, 0.3) is 21.9 Å². The number of nitrogens with one attached hydrogen (secondary N) is 1. The summed E-state index contributed by atoms with van der Waals surface area (Å²) in [5.41, 5.74) is 0.178. The summed E-state index contributed by atoms with van der Waals surface area (Å²) in [6.07, 6.45) is -3.67. The average molecular weight is 457 g/mol. The normalized spacial score (nSPS) is 14.9. The minimum Gasteiger partial charge on any atom is -0.480 e. The second-order valence-electron chi connectivity index (χ2n) is 7.95. The molecule has 168 valence electrons. The predicted octanol–water partition coefficient (Wildman–Crippen LogP) is 4.68. The smallest absolute Gasteiger partial charge is 0.407 e. The molecule has 0 aliphatic carbocycles. The molecule has 2 aromatic carbocycles. The zero-order chi connectivity index (χ0) is 23.1. The first-order chi connectivity index (χ1) is 14.3. The first kappa shape index (κ1) is 23.1. The van der Waals surface area contributed by atoms with Gasteiger partial charge in [0.25, 0.3) is 0 Å². The lowest BCUT2D eigenvalue weighted by molar-refractivity contribution is -0.163. The Kier molecular flexibility index (Phi) is 6.07. The van der Waals surface area contributed by atoms with Crippen LogP contribution in [0.15, 0.2) is 45.7 Å². The van der Waals surface area contributed by atoms with Gasteiger partial charge in [-0.1, -0.05) is 26.0 Å². The Morgan fingerprint density at radius 2 is 1.68 bits per heavy atom.